The van der Waals surface area contributed by atoms with Gasteiger partial charge in [-0.15, -0.1) is 0 Å². The highest BCUT2D eigenvalue weighted by molar-refractivity contribution is 6.32. The van der Waals surface area contributed by atoms with Crippen molar-refractivity contribution in [1.29, 1.82) is 0 Å². The monoisotopic (exact) mass is 200 g/mol. The molecule has 0 bridgehead atoms. The van der Waals surface area contributed by atoms with Gasteiger partial charge in [0.25, 0.3) is 0 Å². The molecule has 0 fully saturated rings. The van der Waals surface area contributed by atoms with Crippen molar-refractivity contribution >= 4 is 11.6 Å². The van der Waals surface area contributed by atoms with Crippen LogP contribution in [0.3, 0.4) is 0 Å². The minimum Gasteiger partial charge on any atom is -0.503 e. The quantitative estimate of drug-likeness (QED) is 0.795. The molecule has 0 aliphatic heterocycles. The predicted octanol–water partition coefficient (Wildman–Crippen LogP) is 3.18. The van der Waals surface area contributed by atoms with E-state index in [4.69, 9.17) is 16.3 Å². The van der Waals surface area contributed by atoms with Crippen molar-refractivity contribution in [2.75, 3.05) is 7.11 Å². The Morgan fingerprint density at radius 2 is 2.00 bits per heavy atom. The zero-order chi connectivity index (χ0) is 10.0. The molecule has 0 saturated carbocycles. The van der Waals surface area contributed by atoms with Gasteiger partial charge in [-0.25, -0.2) is 0 Å². The SMILES string of the molecule is COc1cc(C(C)C)cc(Cl)c1O. The summed E-state index contributed by atoms with van der Waals surface area (Å²) in [6, 6.07) is 3.55. The maximum Gasteiger partial charge on any atom is 0.176 e. The second-order valence-electron chi connectivity index (χ2n) is 3.21. The van der Waals surface area contributed by atoms with Crippen LogP contribution in [0.25, 0.3) is 0 Å². The number of hydrogen-bond acceptors (Lipinski definition) is 2. The molecular weight excluding hydrogens is 188 g/mol. The van der Waals surface area contributed by atoms with Gasteiger partial charge < -0.3 is 9.84 Å². The lowest BCUT2D eigenvalue weighted by Gasteiger charge is -2.10. The topological polar surface area (TPSA) is 29.5 Å². The molecular formula is C10H13ClO2. The van der Waals surface area contributed by atoms with Crippen LogP contribution in [0.1, 0.15) is 25.3 Å². The molecule has 0 aliphatic carbocycles. The van der Waals surface area contributed by atoms with Gasteiger partial charge in [0.2, 0.25) is 0 Å². The zero-order valence-electron chi connectivity index (χ0n) is 7.97. The maximum absolute atomic E-state index is 9.45. The number of benzene rings is 1. The lowest BCUT2D eigenvalue weighted by Crippen LogP contribution is -1.91. The molecule has 0 unspecified atom stereocenters. The van der Waals surface area contributed by atoms with Gasteiger partial charge in [0.1, 0.15) is 0 Å². The number of phenolic OH excluding ortho intramolecular Hbond substituents is 1. The lowest BCUT2D eigenvalue weighted by atomic mass is 10.0. The van der Waals surface area contributed by atoms with Crippen molar-refractivity contribution in [3.63, 3.8) is 0 Å². The average Bonchev–Trinajstić information content (AvgIpc) is 2.09. The van der Waals surface area contributed by atoms with Gasteiger partial charge in [-0.2, -0.15) is 0 Å². The van der Waals surface area contributed by atoms with E-state index in [2.05, 4.69) is 13.8 Å². The number of hydrogen-bond donors (Lipinski definition) is 1. The summed E-state index contributed by atoms with van der Waals surface area (Å²) >= 11 is 5.81. The Morgan fingerprint density at radius 3 is 2.46 bits per heavy atom. The summed E-state index contributed by atoms with van der Waals surface area (Å²) in [7, 11) is 1.51. The number of methoxy groups -OCH3 is 1. The highest BCUT2D eigenvalue weighted by Crippen LogP contribution is 2.36. The number of halogens is 1. The molecule has 0 aromatic heterocycles. The second kappa shape index (κ2) is 3.88. The van der Waals surface area contributed by atoms with Crippen molar-refractivity contribution < 1.29 is 9.84 Å². The highest BCUT2D eigenvalue weighted by Gasteiger charge is 2.10. The van der Waals surface area contributed by atoms with E-state index in [9.17, 15) is 5.11 Å². The number of aromatic hydroxyl groups is 1. The Labute approximate surface area is 83.1 Å². The van der Waals surface area contributed by atoms with Crippen LogP contribution in [0.15, 0.2) is 12.1 Å². The van der Waals surface area contributed by atoms with E-state index in [1.165, 1.54) is 7.11 Å². The van der Waals surface area contributed by atoms with Gasteiger partial charge >= 0.3 is 0 Å². The lowest BCUT2D eigenvalue weighted by molar-refractivity contribution is 0.373. The summed E-state index contributed by atoms with van der Waals surface area (Å²) < 4.78 is 4.98. The fourth-order valence-corrected chi connectivity index (χ4v) is 1.30. The highest BCUT2D eigenvalue weighted by atomic mass is 35.5. The molecule has 1 aromatic rings. The molecule has 2 nitrogen and oxygen atoms in total. The fourth-order valence-electron chi connectivity index (χ4n) is 1.08. The van der Waals surface area contributed by atoms with Gasteiger partial charge in [-0.3, -0.25) is 0 Å². The van der Waals surface area contributed by atoms with Gasteiger partial charge in [0, 0.05) is 0 Å². The van der Waals surface area contributed by atoms with Crippen LogP contribution in [-0.2, 0) is 0 Å². The molecule has 0 radical (unpaired) electrons. The van der Waals surface area contributed by atoms with E-state index in [0.717, 1.165) is 5.56 Å². The molecule has 3 heteroatoms. The van der Waals surface area contributed by atoms with Crippen LogP contribution in [0.4, 0.5) is 0 Å². The van der Waals surface area contributed by atoms with Gasteiger partial charge in [0.05, 0.1) is 12.1 Å². The summed E-state index contributed by atoms with van der Waals surface area (Å²) in [5.41, 5.74) is 1.06. The van der Waals surface area contributed by atoms with E-state index in [1.807, 2.05) is 0 Å². The van der Waals surface area contributed by atoms with Crippen LogP contribution in [0.2, 0.25) is 5.02 Å². The largest absolute Gasteiger partial charge is 0.503 e. The van der Waals surface area contributed by atoms with Crippen LogP contribution in [-0.4, -0.2) is 12.2 Å². The van der Waals surface area contributed by atoms with E-state index < -0.39 is 0 Å². The number of ether oxygens (including phenoxy) is 1. The van der Waals surface area contributed by atoms with E-state index in [1.54, 1.807) is 12.1 Å². The molecule has 0 saturated heterocycles. The van der Waals surface area contributed by atoms with Crippen LogP contribution in [0.5, 0.6) is 11.5 Å². The third kappa shape index (κ3) is 2.07. The Bertz CT molecular complexity index is 308. The molecule has 72 valence electrons. The first-order valence-corrected chi connectivity index (χ1v) is 4.50. The normalized spacial score (nSPS) is 10.5. The first kappa shape index (κ1) is 10.2. The summed E-state index contributed by atoms with van der Waals surface area (Å²) in [6.45, 7) is 4.12. The Hall–Kier alpha value is -0.890. The first-order chi connectivity index (χ1) is 6.06. The van der Waals surface area contributed by atoms with Crippen molar-refractivity contribution in [3.8, 4) is 11.5 Å². The summed E-state index contributed by atoms with van der Waals surface area (Å²) in [6.07, 6.45) is 0. The molecule has 1 aromatic carbocycles. The summed E-state index contributed by atoms with van der Waals surface area (Å²) in [5.74, 6) is 0.803. The standard InChI is InChI=1S/C10H13ClO2/c1-6(2)7-4-8(11)10(12)9(5-7)13-3/h4-6,12H,1-3H3. The number of phenols is 1. The molecule has 1 N–H and O–H groups in total. The van der Waals surface area contributed by atoms with Crippen LogP contribution in [0, 0.1) is 0 Å². The first-order valence-electron chi connectivity index (χ1n) is 4.12. The predicted molar refractivity (Wildman–Crippen MR) is 53.8 cm³/mol. The number of rotatable bonds is 2. The van der Waals surface area contributed by atoms with E-state index >= 15 is 0 Å². The van der Waals surface area contributed by atoms with Gasteiger partial charge in [-0.05, 0) is 23.6 Å². The Morgan fingerprint density at radius 1 is 1.38 bits per heavy atom. The van der Waals surface area contributed by atoms with E-state index in [-0.39, 0.29) is 5.75 Å². The van der Waals surface area contributed by atoms with Gasteiger partial charge in [0.15, 0.2) is 11.5 Å². The molecule has 0 amide bonds. The van der Waals surface area contributed by atoms with Crippen molar-refractivity contribution in [3.05, 3.63) is 22.7 Å². The zero-order valence-corrected chi connectivity index (χ0v) is 8.72. The van der Waals surface area contributed by atoms with Crippen LogP contribution >= 0.6 is 11.6 Å². The molecule has 0 atom stereocenters. The van der Waals surface area contributed by atoms with Crippen molar-refractivity contribution in [1.82, 2.24) is 0 Å². The summed E-state index contributed by atoms with van der Waals surface area (Å²) in [4.78, 5) is 0. The minimum absolute atomic E-state index is 0.00793. The van der Waals surface area contributed by atoms with E-state index in [0.29, 0.717) is 16.7 Å². The average molecular weight is 201 g/mol. The van der Waals surface area contributed by atoms with Crippen molar-refractivity contribution in [2.24, 2.45) is 0 Å². The maximum atomic E-state index is 9.45. The molecule has 0 aliphatic rings. The molecule has 13 heavy (non-hydrogen) atoms. The molecule has 1 rings (SSSR count). The molecule has 0 spiro atoms. The fraction of sp³-hybridized carbons (Fsp3) is 0.400. The second-order valence-corrected chi connectivity index (χ2v) is 3.62. The Balaban J connectivity index is 3.22. The molecule has 0 heterocycles. The minimum atomic E-state index is 0.00793. The smallest absolute Gasteiger partial charge is 0.176 e. The van der Waals surface area contributed by atoms with Crippen LogP contribution < -0.4 is 4.74 Å². The van der Waals surface area contributed by atoms with Crippen molar-refractivity contribution in [2.45, 2.75) is 19.8 Å². The third-order valence-electron chi connectivity index (χ3n) is 1.94. The summed E-state index contributed by atoms with van der Waals surface area (Å²) in [5, 5.41) is 9.78. The van der Waals surface area contributed by atoms with Gasteiger partial charge in [-0.1, -0.05) is 25.4 Å². The Kier molecular flexibility index (Phi) is 3.04. The third-order valence-corrected chi connectivity index (χ3v) is 2.23.